The Bertz CT molecular complexity index is 595. The lowest BCUT2D eigenvalue weighted by Crippen LogP contribution is -2.38. The molecule has 2 N–H and O–H groups in total. The van der Waals surface area contributed by atoms with Crippen molar-refractivity contribution in [1.82, 2.24) is 10.6 Å². The summed E-state index contributed by atoms with van der Waals surface area (Å²) < 4.78 is 22.0. The van der Waals surface area contributed by atoms with E-state index in [-0.39, 0.29) is 30.1 Å². The molecule has 0 aliphatic carbocycles. The summed E-state index contributed by atoms with van der Waals surface area (Å²) in [6.07, 6.45) is 4.26. The smallest absolute Gasteiger partial charge is 0.191 e. The number of guanidine groups is 1. The van der Waals surface area contributed by atoms with Gasteiger partial charge in [0.05, 0.1) is 26.9 Å². The Balaban J connectivity index is 0.00000420. The quantitative estimate of drug-likeness (QED) is 0.191. The highest BCUT2D eigenvalue weighted by Gasteiger charge is 2.14. The third kappa shape index (κ3) is 9.86. The average Bonchev–Trinajstić information content (AvgIpc) is 3.23. The van der Waals surface area contributed by atoms with Crippen LogP contribution in [0.15, 0.2) is 23.2 Å². The first-order chi connectivity index (χ1) is 13.8. The predicted molar refractivity (Wildman–Crippen MR) is 127 cm³/mol. The van der Waals surface area contributed by atoms with Crippen molar-refractivity contribution in [2.75, 3.05) is 53.7 Å². The molecule has 1 unspecified atom stereocenters. The summed E-state index contributed by atoms with van der Waals surface area (Å²) in [5.41, 5.74) is 1.10. The minimum atomic E-state index is 0. The fourth-order valence-corrected chi connectivity index (χ4v) is 3.08. The lowest BCUT2D eigenvalue weighted by Gasteiger charge is -2.14. The first-order valence-corrected chi connectivity index (χ1v) is 10.2. The van der Waals surface area contributed by atoms with Crippen LogP contribution in [0.4, 0.5) is 0 Å². The van der Waals surface area contributed by atoms with Crippen LogP contribution in [0.3, 0.4) is 0 Å². The molecule has 1 aliphatic rings. The first-order valence-electron chi connectivity index (χ1n) is 10.2. The number of halogens is 1. The third-order valence-corrected chi connectivity index (χ3v) is 4.56. The number of ether oxygens (including phenoxy) is 4. The molecule has 1 fully saturated rings. The molecule has 1 atom stereocenters. The number of hydrogen-bond donors (Lipinski definition) is 2. The summed E-state index contributed by atoms with van der Waals surface area (Å²) in [4.78, 5) is 4.62. The maximum absolute atomic E-state index is 5.68. The van der Waals surface area contributed by atoms with Crippen LogP contribution in [-0.4, -0.2) is 65.7 Å². The second-order valence-electron chi connectivity index (χ2n) is 6.68. The number of benzene rings is 1. The van der Waals surface area contributed by atoms with Crippen LogP contribution in [0.5, 0.6) is 11.5 Å². The summed E-state index contributed by atoms with van der Waals surface area (Å²) >= 11 is 0. The Kier molecular flexibility index (Phi) is 13.8. The molecule has 0 bridgehead atoms. The molecule has 7 nitrogen and oxygen atoms in total. The Morgan fingerprint density at radius 2 is 2.10 bits per heavy atom. The van der Waals surface area contributed by atoms with Crippen molar-refractivity contribution >= 4 is 29.9 Å². The van der Waals surface area contributed by atoms with Crippen LogP contribution in [0, 0.1) is 0 Å². The Morgan fingerprint density at radius 1 is 1.24 bits per heavy atom. The van der Waals surface area contributed by atoms with Crippen LogP contribution in [0.1, 0.15) is 31.7 Å². The molecular formula is C21H36IN3O4. The molecule has 0 aromatic heterocycles. The molecule has 1 aromatic carbocycles. The standard InChI is InChI=1S/C21H35N3O4.HI/c1-4-22-21(23-11-6-13-27-16-19-7-5-14-28-19)24-12-10-17-15-18(25-2)8-9-20(17)26-3;/h8-9,15,19H,4-7,10-14,16H2,1-3H3,(H2,22,23,24);1H. The SMILES string of the molecule is CCNC(=NCCCOCC1CCCO1)NCCc1cc(OC)ccc1OC.I. The molecule has 166 valence electrons. The Labute approximate surface area is 191 Å². The van der Waals surface area contributed by atoms with E-state index in [0.29, 0.717) is 13.2 Å². The van der Waals surface area contributed by atoms with Crippen molar-refractivity contribution in [3.8, 4) is 11.5 Å². The molecule has 2 rings (SSSR count). The molecule has 29 heavy (non-hydrogen) atoms. The lowest BCUT2D eigenvalue weighted by atomic mass is 10.1. The summed E-state index contributed by atoms with van der Waals surface area (Å²) in [7, 11) is 3.36. The lowest BCUT2D eigenvalue weighted by molar-refractivity contribution is 0.0171. The van der Waals surface area contributed by atoms with E-state index in [1.807, 2.05) is 18.2 Å². The van der Waals surface area contributed by atoms with Crippen molar-refractivity contribution < 1.29 is 18.9 Å². The zero-order valence-corrected chi connectivity index (χ0v) is 20.2. The van der Waals surface area contributed by atoms with Crippen molar-refractivity contribution in [2.45, 2.75) is 38.7 Å². The van der Waals surface area contributed by atoms with Crippen molar-refractivity contribution in [3.63, 3.8) is 0 Å². The van der Waals surface area contributed by atoms with Gasteiger partial charge in [-0.1, -0.05) is 0 Å². The summed E-state index contributed by atoms with van der Waals surface area (Å²) in [6, 6.07) is 5.85. The highest BCUT2D eigenvalue weighted by Crippen LogP contribution is 2.24. The van der Waals surface area contributed by atoms with Gasteiger partial charge in [0.1, 0.15) is 11.5 Å². The van der Waals surface area contributed by atoms with Gasteiger partial charge in [0, 0.05) is 32.8 Å². The normalized spacial score (nSPS) is 16.2. The van der Waals surface area contributed by atoms with Gasteiger partial charge in [0.15, 0.2) is 5.96 Å². The molecule has 0 spiro atoms. The van der Waals surface area contributed by atoms with Gasteiger partial charge in [-0.2, -0.15) is 0 Å². The third-order valence-electron chi connectivity index (χ3n) is 4.56. The number of nitrogens with one attached hydrogen (secondary N) is 2. The van der Waals surface area contributed by atoms with E-state index in [9.17, 15) is 0 Å². The first kappa shape index (κ1) is 25.8. The van der Waals surface area contributed by atoms with Crippen LogP contribution in [0.2, 0.25) is 0 Å². The minimum absolute atomic E-state index is 0. The Morgan fingerprint density at radius 3 is 2.79 bits per heavy atom. The van der Waals surface area contributed by atoms with E-state index in [0.717, 1.165) is 74.9 Å². The number of hydrogen-bond acceptors (Lipinski definition) is 5. The average molecular weight is 521 g/mol. The van der Waals surface area contributed by atoms with Crippen molar-refractivity contribution in [1.29, 1.82) is 0 Å². The molecule has 8 heteroatoms. The topological polar surface area (TPSA) is 73.3 Å². The van der Waals surface area contributed by atoms with Gasteiger partial charge < -0.3 is 29.6 Å². The van der Waals surface area contributed by atoms with Gasteiger partial charge in [0.2, 0.25) is 0 Å². The van der Waals surface area contributed by atoms with E-state index < -0.39 is 0 Å². The van der Waals surface area contributed by atoms with Gasteiger partial charge in [-0.25, -0.2) is 0 Å². The predicted octanol–water partition coefficient (Wildman–Crippen LogP) is 3.01. The fourth-order valence-electron chi connectivity index (χ4n) is 3.08. The fraction of sp³-hybridized carbons (Fsp3) is 0.667. The van der Waals surface area contributed by atoms with Gasteiger partial charge in [-0.05, 0) is 56.4 Å². The molecule has 1 saturated heterocycles. The maximum atomic E-state index is 5.68. The summed E-state index contributed by atoms with van der Waals surface area (Å²) in [5.74, 6) is 2.52. The minimum Gasteiger partial charge on any atom is -0.497 e. The van der Waals surface area contributed by atoms with Gasteiger partial charge in [-0.15, -0.1) is 24.0 Å². The molecule has 0 radical (unpaired) electrons. The van der Waals surface area contributed by atoms with E-state index in [2.05, 4.69) is 22.5 Å². The Hall–Kier alpha value is -1.26. The van der Waals surface area contributed by atoms with Crippen LogP contribution in [0.25, 0.3) is 0 Å². The number of nitrogens with zero attached hydrogens (tertiary/aromatic N) is 1. The van der Waals surface area contributed by atoms with E-state index in [1.54, 1.807) is 14.2 Å². The molecule has 0 saturated carbocycles. The van der Waals surface area contributed by atoms with Crippen molar-refractivity contribution in [3.05, 3.63) is 23.8 Å². The monoisotopic (exact) mass is 521 g/mol. The molecule has 1 heterocycles. The van der Waals surface area contributed by atoms with E-state index in [4.69, 9.17) is 18.9 Å². The number of methoxy groups -OCH3 is 2. The molecule has 0 amide bonds. The van der Waals surface area contributed by atoms with Crippen LogP contribution < -0.4 is 20.1 Å². The number of aliphatic imine (C=N–C) groups is 1. The molecular weight excluding hydrogens is 485 g/mol. The van der Waals surface area contributed by atoms with E-state index >= 15 is 0 Å². The molecule has 1 aromatic rings. The van der Waals surface area contributed by atoms with Gasteiger partial charge in [-0.3, -0.25) is 4.99 Å². The van der Waals surface area contributed by atoms with Crippen LogP contribution in [-0.2, 0) is 15.9 Å². The summed E-state index contributed by atoms with van der Waals surface area (Å²) in [5, 5.41) is 6.65. The zero-order valence-electron chi connectivity index (χ0n) is 17.9. The van der Waals surface area contributed by atoms with E-state index in [1.165, 1.54) is 0 Å². The highest BCUT2D eigenvalue weighted by molar-refractivity contribution is 14.0. The molecule has 1 aliphatic heterocycles. The largest absolute Gasteiger partial charge is 0.497 e. The highest BCUT2D eigenvalue weighted by atomic mass is 127. The van der Waals surface area contributed by atoms with Gasteiger partial charge >= 0.3 is 0 Å². The second kappa shape index (κ2) is 15.6. The second-order valence-corrected chi connectivity index (χ2v) is 6.68. The van der Waals surface area contributed by atoms with Gasteiger partial charge in [0.25, 0.3) is 0 Å². The zero-order chi connectivity index (χ0) is 20.0. The van der Waals surface area contributed by atoms with Crippen LogP contribution >= 0.6 is 24.0 Å². The van der Waals surface area contributed by atoms with Crippen molar-refractivity contribution in [2.24, 2.45) is 4.99 Å². The summed E-state index contributed by atoms with van der Waals surface area (Å²) in [6.45, 7) is 6.65. The number of rotatable bonds is 12. The maximum Gasteiger partial charge on any atom is 0.191 e.